The Kier molecular flexibility index (Phi) is 5.69. The number of para-hydroxylation sites is 1. The summed E-state index contributed by atoms with van der Waals surface area (Å²) in [6.45, 7) is 2.89. The number of nitrogens with one attached hydrogen (secondary N) is 2. The number of aromatic nitrogens is 4. The molecule has 4 aromatic rings. The number of rotatable bonds is 6. The van der Waals surface area contributed by atoms with Crippen molar-refractivity contribution in [1.82, 2.24) is 25.1 Å². The first kappa shape index (κ1) is 19.8. The van der Waals surface area contributed by atoms with E-state index >= 15 is 0 Å². The van der Waals surface area contributed by atoms with E-state index in [0.29, 0.717) is 28.6 Å². The maximum Gasteiger partial charge on any atom is 0.226 e. The van der Waals surface area contributed by atoms with E-state index in [4.69, 9.17) is 16.3 Å². The number of hydrogen-bond donors (Lipinski definition) is 2. The number of H-pyrrole nitrogens is 1. The monoisotopic (exact) mass is 434 g/mol. The third kappa shape index (κ3) is 4.78. The van der Waals surface area contributed by atoms with Crippen LogP contribution in [0.2, 0.25) is 5.02 Å². The predicted molar refractivity (Wildman–Crippen MR) is 122 cm³/mol. The van der Waals surface area contributed by atoms with Crippen LogP contribution in [0.25, 0.3) is 10.9 Å². The molecule has 0 bridgehead atoms. The fourth-order valence-corrected chi connectivity index (χ4v) is 4.08. The Labute approximate surface area is 185 Å². The lowest BCUT2D eigenvalue weighted by molar-refractivity contribution is 0.209. The molecular formula is C23H23ClN6O. The quantitative estimate of drug-likeness (QED) is 0.450. The van der Waals surface area contributed by atoms with Gasteiger partial charge in [-0.15, -0.1) is 0 Å². The van der Waals surface area contributed by atoms with Gasteiger partial charge in [-0.05, 0) is 37.1 Å². The molecule has 31 heavy (non-hydrogen) atoms. The Morgan fingerprint density at radius 3 is 2.84 bits per heavy atom. The second-order valence-electron chi connectivity index (χ2n) is 7.69. The average molecular weight is 435 g/mol. The van der Waals surface area contributed by atoms with Crippen LogP contribution in [0.15, 0.2) is 60.8 Å². The zero-order chi connectivity index (χ0) is 21.0. The molecule has 0 radical (unpaired) electrons. The van der Waals surface area contributed by atoms with Gasteiger partial charge in [0.25, 0.3) is 0 Å². The van der Waals surface area contributed by atoms with E-state index in [9.17, 15) is 0 Å². The molecule has 0 unspecified atom stereocenters. The Bertz CT molecular complexity index is 1170. The van der Waals surface area contributed by atoms with Gasteiger partial charge < -0.3 is 10.1 Å². The SMILES string of the molecule is Clc1cccc(Oc2ccnc(NC3CCN(Cc4[nH]nc5ccccc45)CC3)n2)c1. The van der Waals surface area contributed by atoms with Crippen LogP contribution in [0, 0.1) is 0 Å². The van der Waals surface area contributed by atoms with Gasteiger partial charge >= 0.3 is 0 Å². The van der Waals surface area contributed by atoms with Crippen molar-refractivity contribution in [3.8, 4) is 11.6 Å². The normalized spacial score (nSPS) is 15.3. The molecule has 1 fully saturated rings. The number of fused-ring (bicyclic) bond motifs is 1. The largest absolute Gasteiger partial charge is 0.439 e. The molecule has 3 heterocycles. The average Bonchev–Trinajstić information content (AvgIpc) is 3.18. The topological polar surface area (TPSA) is 79.0 Å². The highest BCUT2D eigenvalue weighted by molar-refractivity contribution is 6.30. The molecule has 5 rings (SSSR count). The van der Waals surface area contributed by atoms with Crippen molar-refractivity contribution in [3.05, 3.63) is 71.5 Å². The lowest BCUT2D eigenvalue weighted by Crippen LogP contribution is -2.39. The molecule has 2 N–H and O–H groups in total. The molecule has 0 spiro atoms. The fourth-order valence-electron chi connectivity index (χ4n) is 3.90. The summed E-state index contributed by atoms with van der Waals surface area (Å²) >= 11 is 6.02. The van der Waals surface area contributed by atoms with Crippen molar-refractivity contribution < 1.29 is 4.74 Å². The van der Waals surface area contributed by atoms with E-state index in [2.05, 4.69) is 42.5 Å². The number of halogens is 1. The lowest BCUT2D eigenvalue weighted by Gasteiger charge is -2.32. The van der Waals surface area contributed by atoms with Gasteiger partial charge in [0, 0.05) is 48.3 Å². The summed E-state index contributed by atoms with van der Waals surface area (Å²) in [6, 6.07) is 17.6. The van der Waals surface area contributed by atoms with Crippen LogP contribution in [0.4, 0.5) is 5.95 Å². The minimum atomic E-state index is 0.330. The van der Waals surface area contributed by atoms with Crippen molar-refractivity contribution >= 4 is 28.5 Å². The molecule has 0 saturated carbocycles. The van der Waals surface area contributed by atoms with Gasteiger partial charge in [-0.25, -0.2) is 4.98 Å². The summed E-state index contributed by atoms with van der Waals surface area (Å²) in [5.74, 6) is 1.72. The van der Waals surface area contributed by atoms with Crippen LogP contribution in [0.1, 0.15) is 18.5 Å². The van der Waals surface area contributed by atoms with E-state index in [1.165, 1.54) is 11.1 Å². The number of aromatic amines is 1. The molecule has 0 amide bonds. The van der Waals surface area contributed by atoms with Crippen molar-refractivity contribution in [1.29, 1.82) is 0 Å². The van der Waals surface area contributed by atoms with Gasteiger partial charge in [0.15, 0.2) is 0 Å². The number of nitrogens with zero attached hydrogens (tertiary/aromatic N) is 4. The lowest BCUT2D eigenvalue weighted by atomic mass is 10.0. The van der Waals surface area contributed by atoms with Crippen LogP contribution in [-0.2, 0) is 6.54 Å². The minimum Gasteiger partial charge on any atom is -0.439 e. The summed E-state index contributed by atoms with van der Waals surface area (Å²) in [7, 11) is 0. The highest BCUT2D eigenvalue weighted by Crippen LogP contribution is 2.24. The standard InChI is InChI=1S/C23H23ClN6O/c24-16-4-3-5-18(14-16)31-22-8-11-25-23(27-22)26-17-9-12-30(13-10-17)15-21-19-6-1-2-7-20(19)28-29-21/h1-8,11,14,17H,9-10,12-13,15H2,(H,28,29)(H,25,26,27). The van der Waals surface area contributed by atoms with Crippen molar-refractivity contribution in [3.63, 3.8) is 0 Å². The molecule has 1 aliphatic rings. The molecule has 2 aromatic heterocycles. The van der Waals surface area contributed by atoms with E-state index in [-0.39, 0.29) is 0 Å². The first-order valence-corrected chi connectivity index (χ1v) is 10.8. The number of likely N-dealkylation sites (tertiary alicyclic amines) is 1. The van der Waals surface area contributed by atoms with Crippen molar-refractivity contribution in [2.75, 3.05) is 18.4 Å². The van der Waals surface area contributed by atoms with E-state index < -0.39 is 0 Å². The summed E-state index contributed by atoms with van der Waals surface area (Å²) < 4.78 is 5.81. The molecule has 0 atom stereocenters. The molecule has 1 saturated heterocycles. The van der Waals surface area contributed by atoms with Crippen LogP contribution in [0.3, 0.4) is 0 Å². The molecule has 0 aliphatic carbocycles. The highest BCUT2D eigenvalue weighted by Gasteiger charge is 2.21. The van der Waals surface area contributed by atoms with Gasteiger partial charge in [-0.1, -0.05) is 35.9 Å². The molecule has 7 nitrogen and oxygen atoms in total. The van der Waals surface area contributed by atoms with E-state index in [1.807, 2.05) is 30.3 Å². The van der Waals surface area contributed by atoms with Gasteiger partial charge in [-0.2, -0.15) is 10.1 Å². The first-order chi connectivity index (χ1) is 15.2. The van der Waals surface area contributed by atoms with Crippen LogP contribution in [-0.4, -0.2) is 44.2 Å². The Hall–Kier alpha value is -3.16. The zero-order valence-corrected chi connectivity index (χ0v) is 17.7. The van der Waals surface area contributed by atoms with Crippen LogP contribution in [0.5, 0.6) is 11.6 Å². The van der Waals surface area contributed by atoms with E-state index in [0.717, 1.165) is 38.0 Å². The summed E-state index contributed by atoms with van der Waals surface area (Å²) in [6.07, 6.45) is 3.75. The Morgan fingerprint density at radius 1 is 1.10 bits per heavy atom. The molecular weight excluding hydrogens is 412 g/mol. The Balaban J connectivity index is 1.16. The molecule has 8 heteroatoms. The fraction of sp³-hybridized carbons (Fsp3) is 0.261. The Morgan fingerprint density at radius 2 is 1.97 bits per heavy atom. The van der Waals surface area contributed by atoms with Gasteiger partial charge in [0.1, 0.15) is 5.75 Å². The highest BCUT2D eigenvalue weighted by atomic mass is 35.5. The maximum absolute atomic E-state index is 6.02. The van der Waals surface area contributed by atoms with Crippen molar-refractivity contribution in [2.45, 2.75) is 25.4 Å². The number of benzene rings is 2. The van der Waals surface area contributed by atoms with Crippen molar-refractivity contribution in [2.24, 2.45) is 0 Å². The second-order valence-corrected chi connectivity index (χ2v) is 8.13. The van der Waals surface area contributed by atoms with Gasteiger partial charge in [0.05, 0.1) is 11.2 Å². The minimum absolute atomic E-state index is 0.330. The molecule has 158 valence electrons. The van der Waals surface area contributed by atoms with Gasteiger partial charge in [0.2, 0.25) is 11.8 Å². The third-order valence-electron chi connectivity index (χ3n) is 5.49. The molecule has 2 aromatic carbocycles. The smallest absolute Gasteiger partial charge is 0.226 e. The predicted octanol–water partition coefficient (Wildman–Crippen LogP) is 4.88. The zero-order valence-electron chi connectivity index (χ0n) is 17.0. The summed E-state index contributed by atoms with van der Waals surface area (Å²) in [5, 5.41) is 12.9. The number of ether oxygens (including phenoxy) is 1. The van der Waals surface area contributed by atoms with E-state index in [1.54, 1.807) is 18.3 Å². The number of anilines is 1. The second kappa shape index (κ2) is 8.91. The third-order valence-corrected chi connectivity index (χ3v) is 5.73. The molecule has 1 aliphatic heterocycles. The summed E-state index contributed by atoms with van der Waals surface area (Å²) in [4.78, 5) is 11.3. The number of piperidine rings is 1. The summed E-state index contributed by atoms with van der Waals surface area (Å²) in [5.41, 5.74) is 2.20. The first-order valence-electron chi connectivity index (χ1n) is 10.4. The maximum atomic E-state index is 6.02. The number of hydrogen-bond acceptors (Lipinski definition) is 6. The van der Waals surface area contributed by atoms with Crippen LogP contribution < -0.4 is 10.1 Å². The van der Waals surface area contributed by atoms with Gasteiger partial charge in [-0.3, -0.25) is 10.00 Å². The van der Waals surface area contributed by atoms with Crippen LogP contribution >= 0.6 is 11.6 Å².